The van der Waals surface area contributed by atoms with Crippen molar-refractivity contribution in [3.63, 3.8) is 0 Å². The van der Waals surface area contributed by atoms with E-state index in [4.69, 9.17) is 9.66 Å². The molecular formula is C6H11NaO5S. The molecule has 0 aliphatic heterocycles. The van der Waals surface area contributed by atoms with Crippen LogP contribution in [0.4, 0.5) is 0 Å². The van der Waals surface area contributed by atoms with Gasteiger partial charge in [-0.3, -0.25) is 0 Å². The molecular weight excluding hydrogens is 207 g/mol. The Morgan fingerprint density at radius 1 is 1.54 bits per heavy atom. The maximum absolute atomic E-state index is 9.92. The van der Waals surface area contributed by atoms with Gasteiger partial charge in [0.1, 0.15) is 0 Å². The molecule has 0 aliphatic rings. The molecule has 1 atom stereocenters. The summed E-state index contributed by atoms with van der Waals surface area (Å²) in [5.74, 6) is -0.935. The predicted molar refractivity (Wildman–Crippen MR) is 49.2 cm³/mol. The molecule has 0 rings (SSSR count). The molecule has 13 heavy (non-hydrogen) atoms. The van der Waals surface area contributed by atoms with E-state index in [-0.39, 0.29) is 5.57 Å². The fourth-order valence-electron chi connectivity index (χ4n) is 0. The number of rotatable bonds is 2. The molecule has 0 aromatic heterocycles. The Kier molecular flexibility index (Phi) is 7.86. The fraction of sp³-hybridized carbons (Fsp3) is 0.500. The van der Waals surface area contributed by atoms with Gasteiger partial charge in [-0.25, -0.2) is 4.79 Å². The number of aliphatic carboxylic acids is 1. The van der Waals surface area contributed by atoms with Crippen LogP contribution in [0.3, 0.4) is 0 Å². The molecule has 7 heteroatoms. The molecule has 0 aliphatic carbocycles. The van der Waals surface area contributed by atoms with Gasteiger partial charge >= 0.3 is 66.4 Å². The first-order valence-corrected chi connectivity index (χ1v) is 6.10. The number of carboxylic acids is 1. The molecule has 0 aromatic rings. The molecule has 0 fully saturated rings. The second-order valence-electron chi connectivity index (χ2n) is 2.65. The second-order valence-corrected chi connectivity index (χ2v) is 7.19. The minimum absolute atomic E-state index is 0.176. The van der Waals surface area contributed by atoms with Crippen molar-refractivity contribution in [3.05, 3.63) is 12.2 Å². The summed E-state index contributed by atoms with van der Waals surface area (Å²) in [4.78, 5) is 9.60. The first kappa shape index (κ1) is 15.6. The van der Waals surface area contributed by atoms with E-state index in [0.29, 0.717) is 27.9 Å². The molecule has 2 N–H and O–H groups in total. The number of carboxylic acid groups (broad SMARTS) is 1. The van der Waals surface area contributed by atoms with Crippen LogP contribution in [0, 0.1) is 0 Å². The van der Waals surface area contributed by atoms with E-state index in [0.717, 1.165) is 0 Å². The van der Waals surface area contributed by atoms with Crippen molar-refractivity contribution >= 4 is 44.0 Å². The van der Waals surface area contributed by atoms with Crippen molar-refractivity contribution < 1.29 is 22.9 Å². The Morgan fingerprint density at radius 2 is 1.69 bits per heavy atom. The van der Waals surface area contributed by atoms with Crippen LogP contribution in [-0.2, 0) is 14.9 Å². The van der Waals surface area contributed by atoms with Gasteiger partial charge in [0.15, 0.2) is 0 Å². The molecule has 72 valence electrons. The molecule has 0 radical (unpaired) electrons. The predicted octanol–water partition coefficient (Wildman–Crippen LogP) is 0.0358. The van der Waals surface area contributed by atoms with Gasteiger partial charge < -0.3 is 5.11 Å². The van der Waals surface area contributed by atoms with E-state index in [1.54, 1.807) is 0 Å². The molecule has 0 saturated heterocycles. The quantitative estimate of drug-likeness (QED) is 0.388. The third kappa shape index (κ3) is 12.1. The maximum atomic E-state index is 9.92. The van der Waals surface area contributed by atoms with Crippen molar-refractivity contribution in [2.24, 2.45) is 0 Å². The Labute approximate surface area is 95.0 Å². The molecule has 0 amide bonds. The van der Waals surface area contributed by atoms with Crippen LogP contribution >= 0.6 is 0 Å². The molecule has 0 spiro atoms. The minimum atomic E-state index is -3.68. The summed E-state index contributed by atoms with van der Waals surface area (Å²) in [6.07, 6.45) is 0. The third-order valence-electron chi connectivity index (χ3n) is 0.961. The van der Waals surface area contributed by atoms with Crippen LogP contribution < -0.4 is 0 Å². The number of hydrogen-bond donors (Lipinski definition) is 2. The Bertz CT molecular complexity index is 267. The van der Waals surface area contributed by atoms with E-state index in [9.17, 15) is 13.2 Å². The Hall–Kier alpha value is 0.120. The molecule has 0 heterocycles. The number of hydrogen-bond acceptors (Lipinski definition) is 3. The summed E-state index contributed by atoms with van der Waals surface area (Å²) in [6, 6.07) is 0. The van der Waals surface area contributed by atoms with Gasteiger partial charge in [0.2, 0.25) is 0 Å². The summed E-state index contributed by atoms with van der Waals surface area (Å²) in [6.45, 7) is 6.08. The van der Waals surface area contributed by atoms with Crippen molar-refractivity contribution in [1.29, 1.82) is 0 Å². The Balaban J connectivity index is 0. The van der Waals surface area contributed by atoms with Crippen molar-refractivity contribution in [2.45, 2.75) is 16.3 Å². The SMILES string of the molecule is C=C(C)C(=O)O.C[CH]([Na])S(=O)(=O)O. The Morgan fingerprint density at radius 3 is 1.69 bits per heavy atom. The third-order valence-corrected chi connectivity index (χ3v) is 3.94. The molecule has 0 saturated carbocycles. The van der Waals surface area contributed by atoms with Crippen LogP contribution in [0.5, 0.6) is 0 Å². The normalized spacial score (nSPS) is 12.4. The molecule has 1 unspecified atom stereocenters. The van der Waals surface area contributed by atoms with Gasteiger partial charge in [-0.05, 0) is 6.92 Å². The summed E-state index contributed by atoms with van der Waals surface area (Å²) < 4.78 is 27.4. The first-order valence-electron chi connectivity index (χ1n) is 3.44. The summed E-state index contributed by atoms with van der Waals surface area (Å²) in [5.41, 5.74) is 0.176. The van der Waals surface area contributed by atoms with Gasteiger partial charge in [0, 0.05) is 5.57 Å². The van der Waals surface area contributed by atoms with E-state index >= 15 is 0 Å². The second kappa shape index (κ2) is 6.56. The van der Waals surface area contributed by atoms with Crippen molar-refractivity contribution in [2.75, 3.05) is 0 Å². The molecule has 0 aromatic carbocycles. The summed E-state index contributed by atoms with van der Waals surface area (Å²) in [5, 5.41) is 7.89. The van der Waals surface area contributed by atoms with Crippen LogP contribution in [-0.4, -0.2) is 54.5 Å². The monoisotopic (exact) mass is 218 g/mol. The van der Waals surface area contributed by atoms with Crippen molar-refractivity contribution in [3.8, 4) is 0 Å². The summed E-state index contributed by atoms with van der Waals surface area (Å²) in [7, 11) is -3.68. The van der Waals surface area contributed by atoms with Crippen LogP contribution in [0.2, 0.25) is 0 Å². The van der Waals surface area contributed by atoms with E-state index in [1.807, 2.05) is 0 Å². The van der Waals surface area contributed by atoms with E-state index in [2.05, 4.69) is 6.58 Å². The van der Waals surface area contributed by atoms with Crippen LogP contribution in [0.1, 0.15) is 13.8 Å². The average Bonchev–Trinajstić information content (AvgIpc) is 1.86. The van der Waals surface area contributed by atoms with Gasteiger partial charge in [-0.15, -0.1) is 0 Å². The van der Waals surface area contributed by atoms with Gasteiger partial charge in [-0.1, -0.05) is 6.58 Å². The van der Waals surface area contributed by atoms with E-state index in [1.165, 1.54) is 13.8 Å². The topological polar surface area (TPSA) is 91.7 Å². The van der Waals surface area contributed by atoms with Gasteiger partial charge in [-0.2, -0.15) is 0 Å². The number of carbonyl (C=O) groups is 1. The van der Waals surface area contributed by atoms with Crippen LogP contribution in [0.15, 0.2) is 12.2 Å². The van der Waals surface area contributed by atoms with Crippen LogP contribution in [0.25, 0.3) is 0 Å². The zero-order chi connectivity index (χ0) is 11.2. The average molecular weight is 218 g/mol. The molecule has 0 bridgehead atoms. The summed E-state index contributed by atoms with van der Waals surface area (Å²) >= 11 is 0.490. The molecule has 5 nitrogen and oxygen atoms in total. The van der Waals surface area contributed by atoms with E-state index < -0.39 is 18.6 Å². The first-order chi connectivity index (χ1) is 5.59. The van der Waals surface area contributed by atoms with Crippen molar-refractivity contribution in [1.82, 2.24) is 0 Å². The fourth-order valence-corrected chi connectivity index (χ4v) is 0. The van der Waals surface area contributed by atoms with Gasteiger partial charge in [0.25, 0.3) is 0 Å². The zero-order valence-corrected chi connectivity index (χ0v) is 10.6. The van der Waals surface area contributed by atoms with Gasteiger partial charge in [0.05, 0.1) is 0 Å². The standard InChI is InChI=1S/C4H6O2.C2H5O3S.Na/c1-3(2)4(5)6;1-2-6(3,4)5;/h1H2,2H3,(H,5,6);2H,1H3,(H,3,4,5);. The zero-order valence-electron chi connectivity index (χ0n) is 7.81.